The van der Waals surface area contributed by atoms with E-state index in [1.807, 2.05) is 4.57 Å². The standard InChI is InChI=1S/C13H13FN4O/c1-9-6-10(2-3-11(9)14)13(19)17-4-5-18-8-15-16-12(18)7-17/h2-3,6,8H,4-5,7H2,1H3. The van der Waals surface area contributed by atoms with Gasteiger partial charge in [0, 0.05) is 18.7 Å². The van der Waals surface area contributed by atoms with Crippen molar-refractivity contribution in [1.82, 2.24) is 19.7 Å². The van der Waals surface area contributed by atoms with Crippen LogP contribution in [0.5, 0.6) is 0 Å². The number of aromatic nitrogens is 3. The number of hydrogen-bond acceptors (Lipinski definition) is 3. The van der Waals surface area contributed by atoms with Crippen LogP contribution in [-0.2, 0) is 13.1 Å². The summed E-state index contributed by atoms with van der Waals surface area (Å²) in [6.07, 6.45) is 1.67. The van der Waals surface area contributed by atoms with E-state index in [0.717, 1.165) is 5.82 Å². The van der Waals surface area contributed by atoms with E-state index >= 15 is 0 Å². The molecule has 98 valence electrons. The first-order valence-corrected chi connectivity index (χ1v) is 6.07. The van der Waals surface area contributed by atoms with E-state index < -0.39 is 0 Å². The summed E-state index contributed by atoms with van der Waals surface area (Å²) in [4.78, 5) is 14.0. The molecule has 0 spiro atoms. The number of hydrogen-bond donors (Lipinski definition) is 0. The minimum Gasteiger partial charge on any atom is -0.329 e. The molecule has 3 rings (SSSR count). The Morgan fingerprint density at radius 1 is 1.37 bits per heavy atom. The molecule has 1 aliphatic heterocycles. The van der Waals surface area contributed by atoms with Crippen molar-refractivity contribution in [2.45, 2.75) is 20.0 Å². The molecule has 0 bridgehead atoms. The monoisotopic (exact) mass is 260 g/mol. The molecular weight excluding hydrogens is 247 g/mol. The molecule has 1 aromatic carbocycles. The van der Waals surface area contributed by atoms with E-state index in [4.69, 9.17) is 0 Å². The molecular formula is C13H13FN4O. The highest BCUT2D eigenvalue weighted by Gasteiger charge is 2.23. The van der Waals surface area contributed by atoms with Crippen molar-refractivity contribution in [3.8, 4) is 0 Å². The number of nitrogens with zero attached hydrogens (tertiary/aromatic N) is 4. The Morgan fingerprint density at radius 2 is 2.21 bits per heavy atom. The summed E-state index contributed by atoms with van der Waals surface area (Å²) in [5.74, 6) is 0.380. The van der Waals surface area contributed by atoms with Crippen LogP contribution in [0.15, 0.2) is 24.5 Å². The molecule has 0 radical (unpaired) electrons. The average molecular weight is 260 g/mol. The van der Waals surface area contributed by atoms with Crippen molar-refractivity contribution in [2.24, 2.45) is 0 Å². The van der Waals surface area contributed by atoms with Gasteiger partial charge in [-0.3, -0.25) is 4.79 Å². The first kappa shape index (κ1) is 11.8. The van der Waals surface area contributed by atoms with Crippen molar-refractivity contribution >= 4 is 5.91 Å². The molecule has 6 heteroatoms. The van der Waals surface area contributed by atoms with Crippen molar-refractivity contribution in [3.05, 3.63) is 47.3 Å². The van der Waals surface area contributed by atoms with Crippen LogP contribution in [0, 0.1) is 12.7 Å². The van der Waals surface area contributed by atoms with Crippen molar-refractivity contribution in [3.63, 3.8) is 0 Å². The molecule has 2 aromatic rings. The molecule has 0 saturated heterocycles. The van der Waals surface area contributed by atoms with Gasteiger partial charge in [0.2, 0.25) is 0 Å². The zero-order chi connectivity index (χ0) is 13.4. The summed E-state index contributed by atoms with van der Waals surface area (Å²) in [5, 5.41) is 7.80. The predicted octanol–water partition coefficient (Wildman–Crippen LogP) is 1.38. The lowest BCUT2D eigenvalue weighted by Gasteiger charge is -2.27. The Kier molecular flexibility index (Phi) is 2.77. The zero-order valence-corrected chi connectivity index (χ0v) is 10.5. The number of carbonyl (C=O) groups excluding carboxylic acids is 1. The van der Waals surface area contributed by atoms with Gasteiger partial charge >= 0.3 is 0 Å². The topological polar surface area (TPSA) is 51.0 Å². The summed E-state index contributed by atoms with van der Waals surface area (Å²) >= 11 is 0. The third-order valence-electron chi connectivity index (χ3n) is 3.33. The molecule has 1 aliphatic rings. The third kappa shape index (κ3) is 2.09. The lowest BCUT2D eigenvalue weighted by atomic mass is 10.1. The van der Waals surface area contributed by atoms with Gasteiger partial charge in [-0.05, 0) is 30.7 Å². The Bertz CT molecular complexity index is 637. The average Bonchev–Trinajstić information content (AvgIpc) is 2.88. The highest BCUT2D eigenvalue weighted by atomic mass is 19.1. The summed E-state index contributed by atoms with van der Waals surface area (Å²) < 4.78 is 15.1. The largest absolute Gasteiger partial charge is 0.329 e. The Hall–Kier alpha value is -2.24. The van der Waals surface area contributed by atoms with E-state index in [-0.39, 0.29) is 11.7 Å². The molecule has 0 unspecified atom stereocenters. The van der Waals surface area contributed by atoms with Crippen LogP contribution >= 0.6 is 0 Å². The van der Waals surface area contributed by atoms with Gasteiger partial charge in [-0.15, -0.1) is 10.2 Å². The van der Waals surface area contributed by atoms with Gasteiger partial charge < -0.3 is 9.47 Å². The van der Waals surface area contributed by atoms with Crippen LogP contribution < -0.4 is 0 Å². The molecule has 1 amide bonds. The molecule has 5 nitrogen and oxygen atoms in total. The van der Waals surface area contributed by atoms with Crippen LogP contribution in [0.3, 0.4) is 0 Å². The first-order valence-electron chi connectivity index (χ1n) is 6.07. The van der Waals surface area contributed by atoms with Crippen LogP contribution in [0.4, 0.5) is 4.39 Å². The number of benzene rings is 1. The van der Waals surface area contributed by atoms with E-state index in [1.165, 1.54) is 12.1 Å². The third-order valence-corrected chi connectivity index (χ3v) is 3.33. The maximum atomic E-state index is 13.2. The van der Waals surface area contributed by atoms with E-state index in [1.54, 1.807) is 24.2 Å². The quantitative estimate of drug-likeness (QED) is 0.778. The van der Waals surface area contributed by atoms with Crippen LogP contribution in [0.2, 0.25) is 0 Å². The summed E-state index contributed by atoms with van der Waals surface area (Å²) in [5.41, 5.74) is 0.984. The summed E-state index contributed by atoms with van der Waals surface area (Å²) in [6.45, 7) is 3.39. The lowest BCUT2D eigenvalue weighted by molar-refractivity contribution is 0.0707. The van der Waals surface area contributed by atoms with Crippen LogP contribution in [-0.4, -0.2) is 32.1 Å². The van der Waals surface area contributed by atoms with Gasteiger partial charge in [0.05, 0.1) is 6.54 Å². The fourth-order valence-corrected chi connectivity index (χ4v) is 2.20. The fraction of sp³-hybridized carbons (Fsp3) is 0.308. The summed E-state index contributed by atoms with van der Waals surface area (Å²) in [6, 6.07) is 4.43. The summed E-state index contributed by atoms with van der Waals surface area (Å²) in [7, 11) is 0. The molecule has 2 heterocycles. The van der Waals surface area contributed by atoms with Gasteiger partial charge in [-0.1, -0.05) is 0 Å². The Balaban J connectivity index is 1.83. The van der Waals surface area contributed by atoms with Gasteiger partial charge in [0.1, 0.15) is 12.1 Å². The second-order valence-corrected chi connectivity index (χ2v) is 4.63. The molecule has 0 fully saturated rings. The number of rotatable bonds is 1. The van der Waals surface area contributed by atoms with Crippen molar-refractivity contribution in [2.75, 3.05) is 6.54 Å². The number of amides is 1. The second kappa shape index (κ2) is 4.46. The van der Waals surface area contributed by atoms with Crippen molar-refractivity contribution in [1.29, 1.82) is 0 Å². The van der Waals surface area contributed by atoms with E-state index in [2.05, 4.69) is 10.2 Å². The lowest BCUT2D eigenvalue weighted by Crippen LogP contribution is -2.38. The number of halogens is 1. The highest BCUT2D eigenvalue weighted by molar-refractivity contribution is 5.94. The van der Waals surface area contributed by atoms with E-state index in [0.29, 0.717) is 30.8 Å². The molecule has 0 saturated carbocycles. The van der Waals surface area contributed by atoms with Gasteiger partial charge in [0.15, 0.2) is 5.82 Å². The molecule has 0 atom stereocenters. The maximum Gasteiger partial charge on any atom is 0.254 e. The van der Waals surface area contributed by atoms with Crippen LogP contribution in [0.1, 0.15) is 21.7 Å². The Labute approximate surface area is 109 Å². The number of aryl methyl sites for hydroxylation is 1. The zero-order valence-electron chi connectivity index (χ0n) is 10.5. The fourth-order valence-electron chi connectivity index (χ4n) is 2.20. The number of carbonyl (C=O) groups is 1. The van der Waals surface area contributed by atoms with E-state index in [9.17, 15) is 9.18 Å². The molecule has 1 aromatic heterocycles. The van der Waals surface area contributed by atoms with Gasteiger partial charge in [0.25, 0.3) is 5.91 Å². The first-order chi connectivity index (χ1) is 9.15. The smallest absolute Gasteiger partial charge is 0.254 e. The van der Waals surface area contributed by atoms with Crippen LogP contribution in [0.25, 0.3) is 0 Å². The predicted molar refractivity (Wildman–Crippen MR) is 65.9 cm³/mol. The second-order valence-electron chi connectivity index (χ2n) is 4.63. The molecule has 19 heavy (non-hydrogen) atoms. The van der Waals surface area contributed by atoms with Gasteiger partial charge in [-0.2, -0.15) is 0 Å². The van der Waals surface area contributed by atoms with Crippen molar-refractivity contribution < 1.29 is 9.18 Å². The molecule has 0 N–H and O–H groups in total. The highest BCUT2D eigenvalue weighted by Crippen LogP contribution is 2.15. The van der Waals surface area contributed by atoms with Gasteiger partial charge in [-0.25, -0.2) is 4.39 Å². The minimum absolute atomic E-state index is 0.0997. The molecule has 0 aliphatic carbocycles. The normalized spacial score (nSPS) is 14.3. The Morgan fingerprint density at radius 3 is 3.00 bits per heavy atom. The maximum absolute atomic E-state index is 13.2. The SMILES string of the molecule is Cc1cc(C(=O)N2CCn3cnnc3C2)ccc1F. The minimum atomic E-state index is -0.296. The number of fused-ring (bicyclic) bond motifs is 1.